The van der Waals surface area contributed by atoms with E-state index in [0.717, 1.165) is 29.9 Å². The van der Waals surface area contributed by atoms with Crippen molar-refractivity contribution in [1.29, 1.82) is 0 Å². The molecule has 128 valence electrons. The first-order chi connectivity index (χ1) is 11.7. The highest BCUT2D eigenvalue weighted by atomic mass is 16.6. The first kappa shape index (κ1) is 15.7. The van der Waals surface area contributed by atoms with Gasteiger partial charge < -0.3 is 10.2 Å². The molecule has 24 heavy (non-hydrogen) atoms. The van der Waals surface area contributed by atoms with Gasteiger partial charge in [-0.05, 0) is 67.3 Å². The minimum absolute atomic E-state index is 0.00427. The average molecular weight is 326 g/mol. The molecule has 1 aromatic rings. The monoisotopic (exact) mass is 326 g/mol. The van der Waals surface area contributed by atoms with Crippen molar-refractivity contribution in [2.24, 2.45) is 28.3 Å². The molecule has 4 aliphatic carbocycles. The van der Waals surface area contributed by atoms with Crippen LogP contribution in [-0.4, -0.2) is 25.3 Å². The van der Waals surface area contributed by atoms with Gasteiger partial charge in [-0.15, -0.1) is 0 Å². The van der Waals surface area contributed by atoms with Gasteiger partial charge in [0, 0.05) is 6.54 Å². The lowest BCUT2D eigenvalue weighted by atomic mass is 9.49. The lowest BCUT2D eigenvalue weighted by Crippen LogP contribution is -2.51. The summed E-state index contributed by atoms with van der Waals surface area (Å²) in [6, 6.07) is 9.73. The van der Waals surface area contributed by atoms with E-state index in [4.69, 9.17) is 4.84 Å². The molecule has 0 aliphatic heterocycles. The van der Waals surface area contributed by atoms with Crippen molar-refractivity contribution in [3.05, 3.63) is 35.9 Å². The average Bonchev–Trinajstić information content (AvgIpc) is 2.57. The van der Waals surface area contributed by atoms with E-state index in [1.54, 1.807) is 6.21 Å². The molecule has 1 aromatic carbocycles. The largest absolute Gasteiger partial charge is 0.386 e. The third kappa shape index (κ3) is 3.47. The number of benzene rings is 1. The summed E-state index contributed by atoms with van der Waals surface area (Å²) in [5.41, 5.74) is 1.34. The summed E-state index contributed by atoms with van der Waals surface area (Å²) in [6.07, 6.45) is 9.87. The van der Waals surface area contributed by atoms with Crippen LogP contribution in [0.4, 0.5) is 0 Å². The number of nitrogens with one attached hydrogen (secondary N) is 1. The first-order valence-electron chi connectivity index (χ1n) is 9.18. The van der Waals surface area contributed by atoms with E-state index in [1.165, 1.54) is 38.5 Å². The Morgan fingerprint density at radius 2 is 1.75 bits per heavy atom. The third-order valence-electron chi connectivity index (χ3n) is 6.10. The van der Waals surface area contributed by atoms with Gasteiger partial charge >= 0.3 is 0 Å². The summed E-state index contributed by atoms with van der Waals surface area (Å²) in [5.74, 6) is 2.69. The van der Waals surface area contributed by atoms with Crippen LogP contribution >= 0.6 is 0 Å². The van der Waals surface area contributed by atoms with Crippen molar-refractivity contribution in [1.82, 2.24) is 5.32 Å². The normalized spacial score (nSPS) is 33.8. The summed E-state index contributed by atoms with van der Waals surface area (Å²) in [6.45, 7) is 0.816. The van der Waals surface area contributed by atoms with Crippen LogP contribution in [0.2, 0.25) is 0 Å². The van der Waals surface area contributed by atoms with Crippen LogP contribution in [0.15, 0.2) is 35.5 Å². The second-order valence-corrected chi connectivity index (χ2v) is 8.11. The number of rotatable bonds is 6. The number of carbonyl (C=O) groups is 1. The molecule has 0 aromatic heterocycles. The van der Waals surface area contributed by atoms with E-state index < -0.39 is 0 Å². The fraction of sp³-hybridized carbons (Fsp3) is 0.600. The van der Waals surface area contributed by atoms with E-state index >= 15 is 0 Å². The zero-order chi connectivity index (χ0) is 16.4. The Morgan fingerprint density at radius 3 is 2.38 bits per heavy atom. The Balaban J connectivity index is 1.22. The molecule has 0 spiro atoms. The van der Waals surface area contributed by atoms with Crippen LogP contribution in [0, 0.1) is 23.2 Å². The lowest BCUT2D eigenvalue weighted by molar-refractivity contribution is -0.127. The molecule has 4 saturated carbocycles. The molecule has 0 heterocycles. The minimum atomic E-state index is -0.0593. The molecule has 4 nitrogen and oxygen atoms in total. The van der Waals surface area contributed by atoms with Crippen LogP contribution in [0.25, 0.3) is 0 Å². The fourth-order valence-corrected chi connectivity index (χ4v) is 5.58. The molecule has 1 amide bonds. The maximum atomic E-state index is 12.0. The highest BCUT2D eigenvalue weighted by Crippen LogP contribution is 2.59. The number of carbonyl (C=O) groups excluding carboxylic acids is 1. The summed E-state index contributed by atoms with van der Waals surface area (Å²) in [5, 5.41) is 6.97. The van der Waals surface area contributed by atoms with Crippen molar-refractivity contribution < 1.29 is 9.63 Å². The van der Waals surface area contributed by atoms with Gasteiger partial charge in [0.15, 0.2) is 6.61 Å². The highest BCUT2D eigenvalue weighted by Gasteiger charge is 2.50. The molecule has 0 unspecified atom stereocenters. The number of hydrogen-bond acceptors (Lipinski definition) is 3. The molecular weight excluding hydrogens is 300 g/mol. The first-order valence-corrected chi connectivity index (χ1v) is 9.18. The number of amides is 1. The van der Waals surface area contributed by atoms with E-state index in [-0.39, 0.29) is 12.5 Å². The Kier molecular flexibility index (Phi) is 4.30. The Labute approximate surface area is 143 Å². The SMILES string of the molecule is O=C(CO/N=C\c1ccccc1)NCC12CC3CC(CC(C3)C1)C2. The van der Waals surface area contributed by atoms with E-state index in [0.29, 0.717) is 5.41 Å². The highest BCUT2D eigenvalue weighted by molar-refractivity contribution is 5.79. The summed E-state index contributed by atoms with van der Waals surface area (Å²) in [4.78, 5) is 17.2. The molecule has 0 atom stereocenters. The molecule has 4 bridgehead atoms. The van der Waals surface area contributed by atoms with Crippen molar-refractivity contribution >= 4 is 12.1 Å². The quantitative estimate of drug-likeness (QED) is 0.644. The zero-order valence-corrected chi connectivity index (χ0v) is 14.1. The summed E-state index contributed by atoms with van der Waals surface area (Å²) < 4.78 is 0. The Bertz CT molecular complexity index is 576. The molecule has 4 heteroatoms. The van der Waals surface area contributed by atoms with Gasteiger partial charge in [-0.3, -0.25) is 4.79 Å². The fourth-order valence-electron chi connectivity index (χ4n) is 5.58. The Morgan fingerprint density at radius 1 is 1.12 bits per heavy atom. The van der Waals surface area contributed by atoms with Gasteiger partial charge in [0.2, 0.25) is 0 Å². The van der Waals surface area contributed by atoms with Gasteiger partial charge in [0.05, 0.1) is 6.21 Å². The van der Waals surface area contributed by atoms with Crippen LogP contribution in [-0.2, 0) is 9.63 Å². The lowest BCUT2D eigenvalue weighted by Gasteiger charge is -2.56. The summed E-state index contributed by atoms with van der Waals surface area (Å²) >= 11 is 0. The number of nitrogens with zero attached hydrogens (tertiary/aromatic N) is 1. The van der Waals surface area contributed by atoms with Gasteiger partial charge in [-0.1, -0.05) is 35.5 Å². The number of hydrogen-bond donors (Lipinski definition) is 1. The van der Waals surface area contributed by atoms with Crippen LogP contribution in [0.5, 0.6) is 0 Å². The second-order valence-electron chi connectivity index (χ2n) is 8.11. The standard InChI is InChI=1S/C20H26N2O2/c23-19(13-24-22-12-15-4-2-1-3-5-15)21-14-20-9-16-6-17(10-20)8-18(7-16)11-20/h1-5,12,16-18H,6-11,13-14H2,(H,21,23)/b22-12-. The minimum Gasteiger partial charge on any atom is -0.386 e. The van der Waals surface area contributed by atoms with E-state index in [2.05, 4.69) is 10.5 Å². The van der Waals surface area contributed by atoms with Gasteiger partial charge in [-0.25, -0.2) is 0 Å². The smallest absolute Gasteiger partial charge is 0.260 e. The van der Waals surface area contributed by atoms with Crippen molar-refractivity contribution in [3.8, 4) is 0 Å². The third-order valence-corrected chi connectivity index (χ3v) is 6.10. The Hall–Kier alpha value is -1.84. The van der Waals surface area contributed by atoms with Crippen LogP contribution in [0.3, 0.4) is 0 Å². The second kappa shape index (κ2) is 6.58. The molecular formula is C20H26N2O2. The predicted octanol–water partition coefficient (Wildman–Crippen LogP) is 3.37. The molecule has 0 radical (unpaired) electrons. The molecule has 4 fully saturated rings. The van der Waals surface area contributed by atoms with Gasteiger partial charge in [-0.2, -0.15) is 0 Å². The van der Waals surface area contributed by atoms with Crippen LogP contribution < -0.4 is 5.32 Å². The topological polar surface area (TPSA) is 50.7 Å². The van der Waals surface area contributed by atoms with Crippen molar-refractivity contribution in [3.63, 3.8) is 0 Å². The molecule has 4 aliphatic rings. The van der Waals surface area contributed by atoms with Crippen molar-refractivity contribution in [2.75, 3.05) is 13.2 Å². The number of oxime groups is 1. The molecule has 0 saturated heterocycles. The van der Waals surface area contributed by atoms with Crippen molar-refractivity contribution in [2.45, 2.75) is 38.5 Å². The zero-order valence-electron chi connectivity index (χ0n) is 14.1. The maximum Gasteiger partial charge on any atom is 0.260 e. The predicted molar refractivity (Wildman–Crippen MR) is 93.6 cm³/mol. The van der Waals surface area contributed by atoms with Crippen LogP contribution in [0.1, 0.15) is 44.1 Å². The van der Waals surface area contributed by atoms with Gasteiger partial charge in [0.1, 0.15) is 0 Å². The molecule has 1 N–H and O–H groups in total. The maximum absolute atomic E-state index is 12.0. The van der Waals surface area contributed by atoms with E-state index in [1.807, 2.05) is 30.3 Å². The summed E-state index contributed by atoms with van der Waals surface area (Å²) in [7, 11) is 0. The molecule has 5 rings (SSSR count). The van der Waals surface area contributed by atoms with Gasteiger partial charge in [0.25, 0.3) is 5.91 Å². The van der Waals surface area contributed by atoms with E-state index in [9.17, 15) is 4.79 Å².